The van der Waals surface area contributed by atoms with Gasteiger partial charge in [0, 0.05) is 0 Å². The molecule has 3 saturated heterocycles. The van der Waals surface area contributed by atoms with E-state index in [1.807, 2.05) is 0 Å². The number of rotatable bonds is 5. The first kappa shape index (κ1) is 26.1. The van der Waals surface area contributed by atoms with Crippen LogP contribution in [-0.4, -0.2) is 145 Å². The van der Waals surface area contributed by atoms with Gasteiger partial charge in [-0.2, -0.15) is 0 Å². The van der Waals surface area contributed by atoms with Gasteiger partial charge in [0.2, 0.25) is 0 Å². The van der Waals surface area contributed by atoms with Gasteiger partial charge < -0.3 is 69.6 Å². The van der Waals surface area contributed by atoms with E-state index in [4.69, 9.17) is 23.7 Å². The molecule has 32 heavy (non-hydrogen) atoms. The zero-order chi connectivity index (χ0) is 23.9. The molecule has 3 rings (SSSR count). The van der Waals surface area contributed by atoms with Gasteiger partial charge >= 0.3 is 0 Å². The Morgan fingerprint density at radius 1 is 0.562 bits per heavy atom. The molecule has 0 spiro atoms. The van der Waals surface area contributed by atoms with Gasteiger partial charge in [-0.3, -0.25) is 0 Å². The normalized spacial score (nSPS) is 55.0. The van der Waals surface area contributed by atoms with Crippen molar-refractivity contribution in [2.45, 2.75) is 106 Å². The molecule has 0 aromatic rings. The second-order valence-electron chi connectivity index (χ2n) is 8.30. The van der Waals surface area contributed by atoms with Crippen LogP contribution in [0.1, 0.15) is 13.8 Å². The molecular weight excluding hydrogens is 440 g/mol. The summed E-state index contributed by atoms with van der Waals surface area (Å²) in [5.74, 6) is 0. The van der Waals surface area contributed by atoms with Crippen molar-refractivity contribution in [1.29, 1.82) is 0 Å². The number of hydrogen-bond acceptors (Lipinski definition) is 14. The van der Waals surface area contributed by atoms with E-state index in [1.54, 1.807) is 0 Å². The highest BCUT2D eigenvalue weighted by atomic mass is 16.8. The van der Waals surface area contributed by atoms with Gasteiger partial charge in [-0.05, 0) is 13.8 Å². The van der Waals surface area contributed by atoms with E-state index in [1.165, 1.54) is 13.8 Å². The Labute approximate surface area is 183 Å². The number of aliphatic hydroxyl groups excluding tert-OH is 9. The molecule has 0 saturated carbocycles. The van der Waals surface area contributed by atoms with Crippen molar-refractivity contribution >= 4 is 0 Å². The summed E-state index contributed by atoms with van der Waals surface area (Å²) in [5.41, 5.74) is 0. The third-order valence-corrected chi connectivity index (χ3v) is 6.02. The zero-order valence-electron chi connectivity index (χ0n) is 17.4. The van der Waals surface area contributed by atoms with E-state index in [2.05, 4.69) is 0 Å². The molecule has 3 fully saturated rings. The number of hydrogen-bond donors (Lipinski definition) is 9. The molecule has 0 bridgehead atoms. The van der Waals surface area contributed by atoms with Gasteiger partial charge in [0.25, 0.3) is 0 Å². The van der Waals surface area contributed by atoms with Crippen LogP contribution in [0.4, 0.5) is 0 Å². The maximum Gasteiger partial charge on any atom is 0.187 e. The maximum atomic E-state index is 10.6. The lowest BCUT2D eigenvalue weighted by molar-refractivity contribution is -0.385. The molecule has 0 unspecified atom stereocenters. The lowest BCUT2D eigenvalue weighted by Gasteiger charge is -2.48. The lowest BCUT2D eigenvalue weighted by atomic mass is 9.96. The van der Waals surface area contributed by atoms with Crippen molar-refractivity contribution in [2.75, 3.05) is 6.61 Å². The molecule has 188 valence electrons. The molecule has 0 amide bonds. The SMILES string of the molecule is C[C@@H]1O[C@@H](O[C@@H]2[C@@H](O[C@@H]3O[C@@H](C)[C@@H](O)[C@@H](O)[C@@H]3O)[C@@H](O)[C@@H](CO)O[C@H]2O)[C@@H](O)[C@H](O)[C@@H]1O. The molecule has 3 heterocycles. The number of aliphatic hydroxyl groups is 9. The maximum absolute atomic E-state index is 10.6. The third-order valence-electron chi connectivity index (χ3n) is 6.02. The fraction of sp³-hybridized carbons (Fsp3) is 1.00. The second-order valence-corrected chi connectivity index (χ2v) is 8.30. The van der Waals surface area contributed by atoms with Crippen LogP contribution in [0.5, 0.6) is 0 Å². The van der Waals surface area contributed by atoms with Crippen LogP contribution >= 0.6 is 0 Å². The fourth-order valence-electron chi connectivity index (χ4n) is 3.92. The average Bonchev–Trinajstić information content (AvgIpc) is 2.76. The van der Waals surface area contributed by atoms with Crippen molar-refractivity contribution in [2.24, 2.45) is 0 Å². The molecule has 15 atom stereocenters. The van der Waals surface area contributed by atoms with Crippen molar-refractivity contribution in [3.8, 4) is 0 Å². The summed E-state index contributed by atoms with van der Waals surface area (Å²) in [7, 11) is 0. The fourth-order valence-corrected chi connectivity index (χ4v) is 3.92. The lowest BCUT2D eigenvalue weighted by Crippen LogP contribution is -2.66. The van der Waals surface area contributed by atoms with Crippen LogP contribution in [0.2, 0.25) is 0 Å². The summed E-state index contributed by atoms with van der Waals surface area (Å²) < 4.78 is 27.0. The van der Waals surface area contributed by atoms with Crippen LogP contribution in [0.3, 0.4) is 0 Å². The summed E-state index contributed by atoms with van der Waals surface area (Å²) in [6.07, 6.45) is -22.6. The minimum atomic E-state index is -1.83. The Balaban J connectivity index is 1.81. The zero-order valence-corrected chi connectivity index (χ0v) is 17.4. The van der Waals surface area contributed by atoms with Crippen molar-refractivity contribution in [3.63, 3.8) is 0 Å². The summed E-state index contributed by atoms with van der Waals surface area (Å²) in [6.45, 7) is 2.10. The second kappa shape index (κ2) is 10.4. The molecule has 9 N–H and O–H groups in total. The van der Waals surface area contributed by atoms with Gasteiger partial charge in [-0.1, -0.05) is 0 Å². The van der Waals surface area contributed by atoms with Crippen LogP contribution in [0, 0.1) is 0 Å². The topological polar surface area (TPSA) is 228 Å². The Kier molecular flexibility index (Phi) is 8.44. The standard InChI is InChI=1S/C18H32O14/c1-4-7(20)10(23)12(25)17(28-4)31-14-9(22)6(3-19)30-16(27)15(14)32-18-13(26)11(24)8(21)5(2)29-18/h4-27H,3H2,1-2H3/t4-,5-,6+,7+,8+,9-,10+,11+,12-,13-,14-,15+,16+,17-,18-/m0/s1. The van der Waals surface area contributed by atoms with Gasteiger partial charge in [0.05, 0.1) is 18.8 Å². The monoisotopic (exact) mass is 472 g/mol. The molecule has 3 aliphatic heterocycles. The van der Waals surface area contributed by atoms with Crippen LogP contribution in [0.25, 0.3) is 0 Å². The van der Waals surface area contributed by atoms with E-state index in [-0.39, 0.29) is 0 Å². The Hall–Kier alpha value is -0.560. The molecule has 0 aliphatic carbocycles. The van der Waals surface area contributed by atoms with Crippen molar-refractivity contribution in [1.82, 2.24) is 0 Å². The van der Waals surface area contributed by atoms with E-state index >= 15 is 0 Å². The van der Waals surface area contributed by atoms with Gasteiger partial charge in [-0.25, -0.2) is 0 Å². The molecule has 0 radical (unpaired) electrons. The third kappa shape index (κ3) is 4.94. The van der Waals surface area contributed by atoms with Gasteiger partial charge in [0.15, 0.2) is 18.9 Å². The molecule has 14 nitrogen and oxygen atoms in total. The molecular formula is C18H32O14. The van der Waals surface area contributed by atoms with E-state index in [0.717, 1.165) is 0 Å². The van der Waals surface area contributed by atoms with E-state index in [0.29, 0.717) is 0 Å². The minimum absolute atomic E-state index is 0.721. The van der Waals surface area contributed by atoms with Crippen LogP contribution < -0.4 is 0 Å². The summed E-state index contributed by atoms with van der Waals surface area (Å²) in [6, 6.07) is 0. The minimum Gasteiger partial charge on any atom is -0.394 e. The van der Waals surface area contributed by atoms with Crippen LogP contribution in [-0.2, 0) is 23.7 Å². The Morgan fingerprint density at radius 2 is 1.00 bits per heavy atom. The molecule has 0 aromatic carbocycles. The highest BCUT2D eigenvalue weighted by Crippen LogP contribution is 2.32. The van der Waals surface area contributed by atoms with Gasteiger partial charge in [-0.15, -0.1) is 0 Å². The van der Waals surface area contributed by atoms with E-state index in [9.17, 15) is 46.0 Å². The predicted octanol–water partition coefficient (Wildman–Crippen LogP) is -5.52. The quantitative estimate of drug-likeness (QED) is 0.182. The summed E-state index contributed by atoms with van der Waals surface area (Å²) in [5, 5.41) is 90.6. The predicted molar refractivity (Wildman–Crippen MR) is 98.4 cm³/mol. The van der Waals surface area contributed by atoms with Crippen molar-refractivity contribution < 1.29 is 69.6 Å². The van der Waals surface area contributed by atoms with Crippen molar-refractivity contribution in [3.05, 3.63) is 0 Å². The van der Waals surface area contributed by atoms with E-state index < -0.39 is 98.7 Å². The number of ether oxygens (including phenoxy) is 5. The Morgan fingerprint density at radius 3 is 1.44 bits per heavy atom. The smallest absolute Gasteiger partial charge is 0.187 e. The average molecular weight is 472 g/mol. The molecule has 0 aromatic heterocycles. The van der Waals surface area contributed by atoms with Gasteiger partial charge in [0.1, 0.15) is 61.0 Å². The first-order chi connectivity index (χ1) is 15.0. The first-order valence-electron chi connectivity index (χ1n) is 10.3. The largest absolute Gasteiger partial charge is 0.394 e. The first-order valence-corrected chi connectivity index (χ1v) is 10.3. The summed E-state index contributed by atoms with van der Waals surface area (Å²) in [4.78, 5) is 0. The van der Waals surface area contributed by atoms with Crippen LogP contribution in [0.15, 0.2) is 0 Å². The highest BCUT2D eigenvalue weighted by Gasteiger charge is 2.53. The molecule has 14 heteroatoms. The highest BCUT2D eigenvalue weighted by molar-refractivity contribution is 4.95. The summed E-state index contributed by atoms with van der Waals surface area (Å²) >= 11 is 0. The molecule has 3 aliphatic rings. The Bertz CT molecular complexity index is 610.